The normalized spacial score (nSPS) is 9.29. The number of ether oxygens (including phenoxy) is 1. The van der Waals surface area contributed by atoms with E-state index in [2.05, 4.69) is 10.6 Å². The maximum Gasteiger partial charge on any atom is 0.317 e. The number of urea groups is 1. The number of hydrogen-bond donors (Lipinski definition) is 2. The molecule has 0 atom stereocenters. The summed E-state index contributed by atoms with van der Waals surface area (Å²) >= 11 is 0. The topological polar surface area (TPSA) is 50.4 Å². The van der Waals surface area contributed by atoms with Gasteiger partial charge in [-0.3, -0.25) is 0 Å². The van der Waals surface area contributed by atoms with Crippen LogP contribution in [0.5, 0.6) is 5.75 Å². The highest BCUT2D eigenvalue weighted by Crippen LogP contribution is 2.10. The minimum absolute atomic E-state index is 0.169. The Morgan fingerprint density at radius 2 is 2.00 bits per heavy atom. The standard InChI is InChI=1S/C10H14N2O2/c1-8-3-5-9(6-4-8)14-7-12-10(13)11-2/h3-6H,7H2,1-2H3,(H2,11,12,13). The molecule has 1 rings (SSSR count). The van der Waals surface area contributed by atoms with Crippen LogP contribution in [0.25, 0.3) is 0 Å². The summed E-state index contributed by atoms with van der Waals surface area (Å²) in [5.74, 6) is 0.743. The van der Waals surface area contributed by atoms with Gasteiger partial charge in [-0.05, 0) is 19.1 Å². The van der Waals surface area contributed by atoms with E-state index >= 15 is 0 Å². The molecule has 2 N–H and O–H groups in total. The first-order valence-corrected chi connectivity index (χ1v) is 4.37. The molecule has 0 aliphatic carbocycles. The number of carbonyl (C=O) groups excluding carboxylic acids is 1. The van der Waals surface area contributed by atoms with Gasteiger partial charge in [0.2, 0.25) is 0 Å². The SMILES string of the molecule is CNC(=O)NCOc1ccc(C)cc1. The van der Waals surface area contributed by atoms with Crippen molar-refractivity contribution in [3.8, 4) is 5.75 Å². The first kappa shape index (κ1) is 10.4. The lowest BCUT2D eigenvalue weighted by molar-refractivity contribution is 0.226. The molecule has 0 aromatic heterocycles. The molecule has 4 nitrogen and oxygen atoms in total. The summed E-state index contributed by atoms with van der Waals surface area (Å²) in [5, 5.41) is 4.95. The zero-order valence-corrected chi connectivity index (χ0v) is 8.33. The second-order valence-corrected chi connectivity index (χ2v) is 2.86. The zero-order chi connectivity index (χ0) is 10.4. The first-order valence-electron chi connectivity index (χ1n) is 4.37. The average molecular weight is 194 g/mol. The number of amides is 2. The van der Waals surface area contributed by atoms with Crippen LogP contribution in [0.2, 0.25) is 0 Å². The van der Waals surface area contributed by atoms with Crippen LogP contribution in [0.15, 0.2) is 24.3 Å². The fourth-order valence-electron chi connectivity index (χ4n) is 0.908. The van der Waals surface area contributed by atoms with Crippen LogP contribution >= 0.6 is 0 Å². The highest BCUT2D eigenvalue weighted by molar-refractivity contribution is 5.73. The van der Waals surface area contributed by atoms with Crippen LogP contribution in [-0.4, -0.2) is 19.8 Å². The Kier molecular flexibility index (Phi) is 3.79. The lowest BCUT2D eigenvalue weighted by atomic mass is 10.2. The summed E-state index contributed by atoms with van der Waals surface area (Å²) < 4.78 is 5.26. The fourth-order valence-corrected chi connectivity index (χ4v) is 0.908. The smallest absolute Gasteiger partial charge is 0.317 e. The van der Waals surface area contributed by atoms with Crippen molar-refractivity contribution in [3.05, 3.63) is 29.8 Å². The van der Waals surface area contributed by atoms with E-state index < -0.39 is 0 Å². The van der Waals surface area contributed by atoms with E-state index in [0.29, 0.717) is 0 Å². The Balaban J connectivity index is 2.31. The Labute approximate surface area is 83.3 Å². The maximum absolute atomic E-state index is 10.8. The van der Waals surface area contributed by atoms with Crippen molar-refractivity contribution in [2.45, 2.75) is 6.92 Å². The van der Waals surface area contributed by atoms with E-state index in [9.17, 15) is 4.79 Å². The molecule has 4 heteroatoms. The minimum atomic E-state index is -0.253. The summed E-state index contributed by atoms with van der Waals surface area (Å²) in [7, 11) is 1.56. The third kappa shape index (κ3) is 3.35. The molecule has 14 heavy (non-hydrogen) atoms. The molecule has 2 amide bonds. The van der Waals surface area contributed by atoms with Crippen LogP contribution in [0.1, 0.15) is 5.56 Å². The van der Waals surface area contributed by atoms with Gasteiger partial charge in [0.25, 0.3) is 0 Å². The minimum Gasteiger partial charge on any atom is -0.473 e. The number of nitrogens with one attached hydrogen (secondary N) is 2. The van der Waals surface area contributed by atoms with Crippen LogP contribution in [0.3, 0.4) is 0 Å². The van der Waals surface area contributed by atoms with E-state index in [0.717, 1.165) is 5.75 Å². The van der Waals surface area contributed by atoms with Gasteiger partial charge in [0.1, 0.15) is 5.75 Å². The first-order chi connectivity index (χ1) is 6.72. The van der Waals surface area contributed by atoms with Crippen molar-refractivity contribution in [2.24, 2.45) is 0 Å². The molecule has 0 spiro atoms. The second-order valence-electron chi connectivity index (χ2n) is 2.86. The van der Waals surface area contributed by atoms with Crippen molar-refractivity contribution in [3.63, 3.8) is 0 Å². The van der Waals surface area contributed by atoms with Gasteiger partial charge in [-0.15, -0.1) is 0 Å². The molecule has 1 aromatic rings. The molecule has 0 saturated heterocycles. The summed E-state index contributed by atoms with van der Waals surface area (Å²) in [5.41, 5.74) is 1.18. The highest BCUT2D eigenvalue weighted by Gasteiger charge is 1.95. The molecule has 76 valence electrons. The molecule has 0 radical (unpaired) electrons. The molecule has 0 saturated carbocycles. The molecule has 0 unspecified atom stereocenters. The Hall–Kier alpha value is -1.71. The monoisotopic (exact) mass is 194 g/mol. The highest BCUT2D eigenvalue weighted by atomic mass is 16.5. The maximum atomic E-state index is 10.8. The van der Waals surface area contributed by atoms with Crippen LogP contribution in [-0.2, 0) is 0 Å². The number of aryl methyl sites for hydroxylation is 1. The van der Waals surface area contributed by atoms with Crippen molar-refractivity contribution in [2.75, 3.05) is 13.8 Å². The van der Waals surface area contributed by atoms with Gasteiger partial charge in [0.15, 0.2) is 6.73 Å². The summed E-state index contributed by atoms with van der Waals surface area (Å²) in [6.45, 7) is 2.18. The molecule has 0 heterocycles. The molecule has 0 aliphatic heterocycles. The number of hydrogen-bond acceptors (Lipinski definition) is 2. The third-order valence-corrected chi connectivity index (χ3v) is 1.72. The molecule has 0 bridgehead atoms. The lowest BCUT2D eigenvalue weighted by Gasteiger charge is -2.07. The van der Waals surface area contributed by atoms with Gasteiger partial charge in [-0.2, -0.15) is 0 Å². The third-order valence-electron chi connectivity index (χ3n) is 1.72. The van der Waals surface area contributed by atoms with Crippen LogP contribution in [0, 0.1) is 6.92 Å². The van der Waals surface area contributed by atoms with Gasteiger partial charge in [0, 0.05) is 7.05 Å². The Morgan fingerprint density at radius 1 is 1.36 bits per heavy atom. The Morgan fingerprint density at radius 3 is 2.57 bits per heavy atom. The zero-order valence-electron chi connectivity index (χ0n) is 8.33. The number of rotatable bonds is 3. The number of benzene rings is 1. The van der Waals surface area contributed by atoms with Crippen molar-refractivity contribution < 1.29 is 9.53 Å². The predicted molar refractivity (Wildman–Crippen MR) is 54.3 cm³/mol. The summed E-state index contributed by atoms with van der Waals surface area (Å²) in [4.78, 5) is 10.8. The van der Waals surface area contributed by atoms with E-state index in [1.165, 1.54) is 5.56 Å². The van der Waals surface area contributed by atoms with Gasteiger partial charge in [-0.1, -0.05) is 17.7 Å². The largest absolute Gasteiger partial charge is 0.473 e. The van der Waals surface area contributed by atoms with Crippen LogP contribution in [0.4, 0.5) is 4.79 Å². The quantitative estimate of drug-likeness (QED) is 0.712. The summed E-state index contributed by atoms with van der Waals surface area (Å²) in [6.07, 6.45) is 0. The molecule has 0 aliphatic rings. The molecular weight excluding hydrogens is 180 g/mol. The van der Waals surface area contributed by atoms with Gasteiger partial charge in [0.05, 0.1) is 0 Å². The average Bonchev–Trinajstić information content (AvgIpc) is 2.21. The van der Waals surface area contributed by atoms with Crippen molar-refractivity contribution >= 4 is 6.03 Å². The Bertz CT molecular complexity index is 295. The van der Waals surface area contributed by atoms with Gasteiger partial charge < -0.3 is 15.4 Å². The molecule has 1 aromatic carbocycles. The summed E-state index contributed by atoms with van der Waals surface area (Å²) in [6, 6.07) is 7.38. The number of carbonyl (C=O) groups is 1. The van der Waals surface area contributed by atoms with E-state index in [1.807, 2.05) is 31.2 Å². The van der Waals surface area contributed by atoms with Crippen molar-refractivity contribution in [1.82, 2.24) is 10.6 Å². The fraction of sp³-hybridized carbons (Fsp3) is 0.300. The predicted octanol–water partition coefficient (Wildman–Crippen LogP) is 1.26. The van der Waals surface area contributed by atoms with Gasteiger partial charge >= 0.3 is 6.03 Å². The second kappa shape index (κ2) is 5.11. The van der Waals surface area contributed by atoms with Crippen LogP contribution < -0.4 is 15.4 Å². The van der Waals surface area contributed by atoms with E-state index in [1.54, 1.807) is 7.05 Å². The van der Waals surface area contributed by atoms with E-state index in [4.69, 9.17) is 4.74 Å². The van der Waals surface area contributed by atoms with Gasteiger partial charge in [-0.25, -0.2) is 4.79 Å². The van der Waals surface area contributed by atoms with Crippen molar-refractivity contribution in [1.29, 1.82) is 0 Å². The lowest BCUT2D eigenvalue weighted by Crippen LogP contribution is -2.35. The van der Waals surface area contributed by atoms with E-state index in [-0.39, 0.29) is 12.8 Å². The molecular formula is C10H14N2O2. The molecule has 0 fully saturated rings.